The van der Waals surface area contributed by atoms with Gasteiger partial charge in [-0.3, -0.25) is 0 Å². The van der Waals surface area contributed by atoms with Crippen LogP contribution < -0.4 is 10.6 Å². The van der Waals surface area contributed by atoms with Gasteiger partial charge in [-0.1, -0.05) is 6.92 Å². The number of carbonyl (C=O) groups is 2. The van der Waals surface area contributed by atoms with Gasteiger partial charge in [-0.05, 0) is 25.4 Å². The first kappa shape index (κ1) is 15.7. The van der Waals surface area contributed by atoms with Gasteiger partial charge in [-0.25, -0.2) is 9.59 Å². The van der Waals surface area contributed by atoms with Crippen molar-refractivity contribution in [2.24, 2.45) is 5.92 Å². The van der Waals surface area contributed by atoms with Crippen molar-refractivity contribution < 1.29 is 19.8 Å². The molecule has 19 heavy (non-hydrogen) atoms. The molecule has 1 heterocycles. The second-order valence-electron chi connectivity index (χ2n) is 4.81. The third-order valence-corrected chi connectivity index (χ3v) is 3.39. The van der Waals surface area contributed by atoms with Crippen LogP contribution in [0.2, 0.25) is 0 Å². The lowest BCUT2D eigenvalue weighted by Gasteiger charge is -2.16. The van der Waals surface area contributed by atoms with Crippen molar-refractivity contribution in [3.05, 3.63) is 0 Å². The number of urea groups is 1. The van der Waals surface area contributed by atoms with Crippen LogP contribution in [0.15, 0.2) is 0 Å². The molecule has 0 aliphatic carbocycles. The van der Waals surface area contributed by atoms with E-state index >= 15 is 0 Å². The summed E-state index contributed by atoms with van der Waals surface area (Å²) in [5.41, 5.74) is 0. The van der Waals surface area contributed by atoms with Gasteiger partial charge >= 0.3 is 12.0 Å². The van der Waals surface area contributed by atoms with Crippen LogP contribution in [0.5, 0.6) is 0 Å². The number of rotatable bonds is 7. The highest BCUT2D eigenvalue weighted by Crippen LogP contribution is 2.14. The maximum Gasteiger partial charge on any atom is 0.326 e. The Morgan fingerprint density at radius 2 is 2.21 bits per heavy atom. The Morgan fingerprint density at radius 1 is 1.47 bits per heavy atom. The van der Waals surface area contributed by atoms with Crippen LogP contribution in [-0.2, 0) is 4.79 Å². The zero-order chi connectivity index (χ0) is 14.3. The molecule has 0 spiro atoms. The van der Waals surface area contributed by atoms with Gasteiger partial charge in [0.05, 0.1) is 0 Å². The van der Waals surface area contributed by atoms with E-state index in [9.17, 15) is 9.59 Å². The van der Waals surface area contributed by atoms with Gasteiger partial charge in [0.1, 0.15) is 6.04 Å². The van der Waals surface area contributed by atoms with E-state index < -0.39 is 18.0 Å². The summed E-state index contributed by atoms with van der Waals surface area (Å²) >= 11 is 0. The third-order valence-electron chi connectivity index (χ3n) is 3.39. The predicted octanol–water partition coefficient (Wildman–Crippen LogP) is -0.537. The van der Waals surface area contributed by atoms with Crippen molar-refractivity contribution in [2.45, 2.75) is 25.8 Å². The number of aliphatic carboxylic acids is 1. The molecule has 0 saturated carbocycles. The average molecular weight is 273 g/mol. The van der Waals surface area contributed by atoms with Crippen molar-refractivity contribution in [1.29, 1.82) is 0 Å². The summed E-state index contributed by atoms with van der Waals surface area (Å²) in [5, 5.41) is 22.6. The Bertz CT molecular complexity index is 311. The van der Waals surface area contributed by atoms with Crippen LogP contribution in [0, 0.1) is 5.92 Å². The van der Waals surface area contributed by atoms with Crippen molar-refractivity contribution >= 4 is 12.0 Å². The minimum atomic E-state index is -1.14. The maximum atomic E-state index is 11.6. The Labute approximate surface area is 113 Å². The molecule has 0 aromatic rings. The van der Waals surface area contributed by atoms with Gasteiger partial charge in [0.15, 0.2) is 0 Å². The minimum absolute atomic E-state index is 0.00972. The molecule has 1 fully saturated rings. The summed E-state index contributed by atoms with van der Waals surface area (Å²) in [5.74, 6) is -0.714. The van der Waals surface area contributed by atoms with Gasteiger partial charge in [0.25, 0.3) is 0 Å². The summed E-state index contributed by atoms with van der Waals surface area (Å²) < 4.78 is 0. The molecule has 1 aliphatic heterocycles. The van der Waals surface area contributed by atoms with E-state index in [2.05, 4.69) is 22.5 Å². The minimum Gasteiger partial charge on any atom is -0.480 e. The standard InChI is InChI=1S/C12H23N3O4/c1-2-15-5-3-9(8-15)7-13-12(19)14-10(4-6-16)11(17)18/h9-10,16H,2-8H2,1H3,(H,17,18)(H2,13,14,19)/t9?,10-/m1/s1. The molecule has 4 N–H and O–H groups in total. The highest BCUT2D eigenvalue weighted by Gasteiger charge is 2.23. The van der Waals surface area contributed by atoms with Crippen molar-refractivity contribution in [3.8, 4) is 0 Å². The molecule has 0 bridgehead atoms. The molecule has 7 heteroatoms. The normalized spacial score (nSPS) is 21.1. The summed E-state index contributed by atoms with van der Waals surface area (Å²) in [6.07, 6.45) is 1.06. The topological polar surface area (TPSA) is 102 Å². The van der Waals surface area contributed by atoms with Gasteiger partial charge in [0, 0.05) is 26.1 Å². The third kappa shape index (κ3) is 5.44. The fraction of sp³-hybridized carbons (Fsp3) is 0.833. The van der Waals surface area contributed by atoms with Crippen LogP contribution in [-0.4, -0.2) is 65.9 Å². The van der Waals surface area contributed by atoms with Gasteiger partial charge in [-0.2, -0.15) is 0 Å². The van der Waals surface area contributed by atoms with E-state index in [1.165, 1.54) is 0 Å². The highest BCUT2D eigenvalue weighted by atomic mass is 16.4. The number of carboxylic acid groups (broad SMARTS) is 1. The lowest BCUT2D eigenvalue weighted by molar-refractivity contribution is -0.139. The van der Waals surface area contributed by atoms with Crippen LogP contribution in [0.3, 0.4) is 0 Å². The zero-order valence-corrected chi connectivity index (χ0v) is 11.3. The fourth-order valence-corrected chi connectivity index (χ4v) is 2.20. The SMILES string of the molecule is CCN1CCC(CNC(=O)N[C@H](CCO)C(=O)O)C1. The second-order valence-corrected chi connectivity index (χ2v) is 4.81. The smallest absolute Gasteiger partial charge is 0.326 e. The fourth-order valence-electron chi connectivity index (χ4n) is 2.20. The first-order valence-electron chi connectivity index (χ1n) is 6.67. The van der Waals surface area contributed by atoms with E-state index in [1.54, 1.807) is 0 Å². The lowest BCUT2D eigenvalue weighted by Crippen LogP contribution is -2.47. The van der Waals surface area contributed by atoms with Crippen molar-refractivity contribution in [1.82, 2.24) is 15.5 Å². The van der Waals surface area contributed by atoms with Gasteiger partial charge in [-0.15, -0.1) is 0 Å². The number of nitrogens with one attached hydrogen (secondary N) is 2. The Balaban J connectivity index is 2.25. The number of hydrogen-bond donors (Lipinski definition) is 4. The Hall–Kier alpha value is -1.34. The molecule has 2 atom stereocenters. The van der Waals surface area contributed by atoms with E-state index in [-0.39, 0.29) is 13.0 Å². The Kier molecular flexibility index (Phi) is 6.58. The Morgan fingerprint density at radius 3 is 2.74 bits per heavy atom. The first-order valence-corrected chi connectivity index (χ1v) is 6.67. The van der Waals surface area contributed by atoms with Crippen molar-refractivity contribution in [3.63, 3.8) is 0 Å². The summed E-state index contributed by atoms with van der Waals surface area (Å²) in [7, 11) is 0. The number of hydrogen-bond acceptors (Lipinski definition) is 4. The molecular formula is C12H23N3O4. The van der Waals surface area contributed by atoms with Crippen LogP contribution in [0.4, 0.5) is 4.79 Å². The summed E-state index contributed by atoms with van der Waals surface area (Å²) in [4.78, 5) is 24.7. The molecule has 0 aromatic heterocycles. The quantitative estimate of drug-likeness (QED) is 0.499. The molecule has 1 rings (SSSR count). The first-order chi connectivity index (χ1) is 9.06. The average Bonchev–Trinajstić information content (AvgIpc) is 2.83. The molecule has 0 radical (unpaired) electrons. The molecule has 2 amide bonds. The zero-order valence-electron chi connectivity index (χ0n) is 11.3. The van der Waals surface area contributed by atoms with E-state index in [4.69, 9.17) is 10.2 Å². The number of nitrogens with zero attached hydrogens (tertiary/aromatic N) is 1. The molecule has 1 aliphatic rings. The monoisotopic (exact) mass is 273 g/mol. The highest BCUT2D eigenvalue weighted by molar-refractivity contribution is 5.82. The van der Waals surface area contributed by atoms with Gasteiger partial charge in [0.2, 0.25) is 0 Å². The van der Waals surface area contributed by atoms with Crippen LogP contribution in [0.1, 0.15) is 19.8 Å². The second kappa shape index (κ2) is 7.96. The molecule has 7 nitrogen and oxygen atoms in total. The molecule has 1 saturated heterocycles. The van der Waals surface area contributed by atoms with Crippen LogP contribution >= 0.6 is 0 Å². The molecular weight excluding hydrogens is 250 g/mol. The van der Waals surface area contributed by atoms with E-state index in [0.29, 0.717) is 12.5 Å². The maximum absolute atomic E-state index is 11.6. The number of carboxylic acids is 1. The van der Waals surface area contributed by atoms with E-state index in [0.717, 1.165) is 26.1 Å². The molecule has 0 aromatic carbocycles. The summed E-state index contributed by atoms with van der Waals surface area (Å²) in [6, 6.07) is -1.53. The molecule has 110 valence electrons. The molecule has 1 unspecified atom stereocenters. The predicted molar refractivity (Wildman–Crippen MR) is 69.9 cm³/mol. The van der Waals surface area contributed by atoms with Gasteiger partial charge < -0.3 is 25.7 Å². The number of carbonyl (C=O) groups excluding carboxylic acids is 1. The largest absolute Gasteiger partial charge is 0.480 e. The van der Waals surface area contributed by atoms with Crippen LogP contribution in [0.25, 0.3) is 0 Å². The number of aliphatic hydroxyl groups is 1. The van der Waals surface area contributed by atoms with Crippen molar-refractivity contribution in [2.75, 3.05) is 32.8 Å². The number of likely N-dealkylation sites (tertiary alicyclic amines) is 1. The number of aliphatic hydroxyl groups excluding tert-OH is 1. The number of amides is 2. The van der Waals surface area contributed by atoms with E-state index in [1.807, 2.05) is 0 Å². The summed E-state index contributed by atoms with van der Waals surface area (Å²) in [6.45, 7) is 5.41. The lowest BCUT2D eigenvalue weighted by atomic mass is 10.1.